The predicted octanol–water partition coefficient (Wildman–Crippen LogP) is 4.32. The molecule has 2 aliphatic heterocycles. The van der Waals surface area contributed by atoms with Gasteiger partial charge in [0.15, 0.2) is 11.5 Å². The molecule has 0 radical (unpaired) electrons. The Morgan fingerprint density at radius 2 is 2.10 bits per heavy atom. The summed E-state index contributed by atoms with van der Waals surface area (Å²) in [4.78, 5) is 14.2. The average Bonchev–Trinajstić information content (AvgIpc) is 3.01. The Morgan fingerprint density at radius 1 is 1.19 bits per heavy atom. The summed E-state index contributed by atoms with van der Waals surface area (Å²) >= 11 is 6.23. The molecule has 0 aliphatic carbocycles. The molecule has 2 aromatic rings. The van der Waals surface area contributed by atoms with Crippen LogP contribution in [-0.2, 0) is 20.8 Å². The number of hydrogen-bond donors (Lipinski definition) is 0. The zero-order valence-electron chi connectivity index (χ0n) is 17.8. The van der Waals surface area contributed by atoms with E-state index in [9.17, 15) is 4.79 Å². The van der Waals surface area contributed by atoms with E-state index in [1.54, 1.807) is 4.90 Å². The minimum Gasteiger partial charge on any atom is -0.487 e. The molecule has 1 saturated heterocycles. The number of fused-ring (bicyclic) bond motifs is 1. The van der Waals surface area contributed by atoms with Crippen molar-refractivity contribution in [1.29, 1.82) is 0 Å². The fourth-order valence-electron chi connectivity index (χ4n) is 3.97. The molecule has 1 amide bonds. The van der Waals surface area contributed by atoms with E-state index < -0.39 is 0 Å². The molecule has 166 valence electrons. The smallest absolute Gasteiger partial charge is 0.248 e. The van der Waals surface area contributed by atoms with Gasteiger partial charge in [0.2, 0.25) is 5.91 Å². The minimum atomic E-state index is -0.0646. The van der Waals surface area contributed by atoms with E-state index in [1.807, 2.05) is 36.4 Å². The Balaban J connectivity index is 1.66. The van der Waals surface area contributed by atoms with E-state index in [1.165, 1.54) is 7.11 Å². The van der Waals surface area contributed by atoms with Crippen LogP contribution in [0, 0.1) is 0 Å². The summed E-state index contributed by atoms with van der Waals surface area (Å²) in [6.07, 6.45) is 3.34. The molecule has 0 saturated carbocycles. The van der Waals surface area contributed by atoms with Gasteiger partial charge in [-0.3, -0.25) is 4.79 Å². The van der Waals surface area contributed by atoms with Crippen molar-refractivity contribution in [2.24, 2.45) is 0 Å². The largest absolute Gasteiger partial charge is 0.487 e. The Kier molecular flexibility index (Phi) is 7.33. The topological polar surface area (TPSA) is 57.2 Å². The number of benzene rings is 2. The van der Waals surface area contributed by atoms with Crippen LogP contribution in [0.5, 0.6) is 11.5 Å². The van der Waals surface area contributed by atoms with Gasteiger partial charge in [0.25, 0.3) is 0 Å². The zero-order chi connectivity index (χ0) is 21.6. The van der Waals surface area contributed by atoms with Crippen LogP contribution in [-0.4, -0.2) is 57.0 Å². The van der Waals surface area contributed by atoms with Crippen molar-refractivity contribution in [3.8, 4) is 22.6 Å². The first-order valence-electron chi connectivity index (χ1n) is 10.7. The highest BCUT2D eigenvalue weighted by molar-refractivity contribution is 6.30. The van der Waals surface area contributed by atoms with Crippen LogP contribution in [0.4, 0.5) is 0 Å². The summed E-state index contributed by atoms with van der Waals surface area (Å²) < 4.78 is 23.2. The number of methoxy groups -OCH3 is 1. The zero-order valence-corrected chi connectivity index (χ0v) is 18.5. The molecule has 0 N–H and O–H groups in total. The number of hydrogen-bond acceptors (Lipinski definition) is 5. The standard InChI is InChI=1S/C24H28ClNO5/c1-28-16-23(27)26-8-10-30-24-19(14-26)11-18(17-5-4-6-20(25)12-17)13-22(24)31-15-21-7-2-3-9-29-21/h4-6,11-13,21H,2-3,7-10,14-16H2,1H3/t21-/m0/s1. The van der Waals surface area contributed by atoms with Gasteiger partial charge in [-0.1, -0.05) is 23.7 Å². The summed E-state index contributed by atoms with van der Waals surface area (Å²) in [6, 6.07) is 11.7. The Morgan fingerprint density at radius 3 is 2.87 bits per heavy atom. The third kappa shape index (κ3) is 5.50. The first-order chi connectivity index (χ1) is 15.1. The Hall–Kier alpha value is -2.28. The molecule has 2 heterocycles. The second-order valence-electron chi connectivity index (χ2n) is 7.87. The highest BCUT2D eigenvalue weighted by Crippen LogP contribution is 2.39. The molecule has 2 aliphatic rings. The molecular formula is C24H28ClNO5. The maximum Gasteiger partial charge on any atom is 0.248 e. The maximum absolute atomic E-state index is 12.5. The van der Waals surface area contributed by atoms with Crippen molar-refractivity contribution in [3.63, 3.8) is 0 Å². The minimum absolute atomic E-state index is 0.0473. The number of carbonyl (C=O) groups excluding carboxylic acids is 1. The van der Waals surface area contributed by atoms with Gasteiger partial charge in [0.05, 0.1) is 12.6 Å². The molecule has 1 fully saturated rings. The lowest BCUT2D eigenvalue weighted by Crippen LogP contribution is -2.34. The molecule has 4 rings (SSSR count). The number of ether oxygens (including phenoxy) is 4. The van der Waals surface area contributed by atoms with Crippen LogP contribution < -0.4 is 9.47 Å². The molecule has 2 aromatic carbocycles. The lowest BCUT2D eigenvalue weighted by molar-refractivity contribution is -0.135. The van der Waals surface area contributed by atoms with Gasteiger partial charge in [-0.15, -0.1) is 0 Å². The molecular weight excluding hydrogens is 418 g/mol. The first kappa shape index (κ1) is 21.9. The third-order valence-electron chi connectivity index (χ3n) is 5.58. The summed E-state index contributed by atoms with van der Waals surface area (Å²) in [7, 11) is 1.52. The van der Waals surface area contributed by atoms with Crippen molar-refractivity contribution >= 4 is 17.5 Å². The van der Waals surface area contributed by atoms with Crippen molar-refractivity contribution in [1.82, 2.24) is 4.90 Å². The van der Waals surface area contributed by atoms with E-state index in [2.05, 4.69) is 0 Å². The molecule has 0 aromatic heterocycles. The third-order valence-corrected chi connectivity index (χ3v) is 5.81. The number of halogens is 1. The predicted molar refractivity (Wildman–Crippen MR) is 119 cm³/mol. The van der Waals surface area contributed by atoms with Gasteiger partial charge in [-0.25, -0.2) is 0 Å². The van der Waals surface area contributed by atoms with Gasteiger partial charge in [-0.05, 0) is 54.7 Å². The fourth-order valence-corrected chi connectivity index (χ4v) is 4.17. The molecule has 6 nitrogen and oxygen atoms in total. The van der Waals surface area contributed by atoms with Crippen LogP contribution in [0.15, 0.2) is 36.4 Å². The van der Waals surface area contributed by atoms with Crippen molar-refractivity contribution in [3.05, 3.63) is 47.0 Å². The Labute approximate surface area is 188 Å². The van der Waals surface area contributed by atoms with E-state index in [0.717, 1.165) is 42.6 Å². The van der Waals surface area contributed by atoms with Crippen molar-refractivity contribution in [2.75, 3.05) is 40.1 Å². The van der Waals surface area contributed by atoms with Gasteiger partial charge in [0, 0.05) is 30.8 Å². The quantitative estimate of drug-likeness (QED) is 0.662. The number of amides is 1. The number of nitrogens with zero attached hydrogens (tertiary/aromatic N) is 1. The highest BCUT2D eigenvalue weighted by Gasteiger charge is 2.24. The number of carbonyl (C=O) groups is 1. The van der Waals surface area contributed by atoms with Crippen LogP contribution >= 0.6 is 11.6 Å². The van der Waals surface area contributed by atoms with Gasteiger partial charge in [0.1, 0.15) is 19.8 Å². The van der Waals surface area contributed by atoms with Gasteiger partial charge in [-0.2, -0.15) is 0 Å². The number of rotatable bonds is 6. The molecule has 0 unspecified atom stereocenters. The van der Waals surface area contributed by atoms with E-state index in [4.69, 9.17) is 30.5 Å². The molecule has 31 heavy (non-hydrogen) atoms. The summed E-state index contributed by atoms with van der Waals surface area (Å²) in [5.41, 5.74) is 2.84. The van der Waals surface area contributed by atoms with Gasteiger partial charge < -0.3 is 23.8 Å². The lowest BCUT2D eigenvalue weighted by Gasteiger charge is -2.24. The second-order valence-corrected chi connectivity index (χ2v) is 8.31. The van der Waals surface area contributed by atoms with Crippen LogP contribution in [0.25, 0.3) is 11.1 Å². The first-order valence-corrected chi connectivity index (χ1v) is 11.1. The van der Waals surface area contributed by atoms with Gasteiger partial charge >= 0.3 is 0 Å². The maximum atomic E-state index is 12.5. The van der Waals surface area contributed by atoms with Crippen LogP contribution in [0.2, 0.25) is 5.02 Å². The summed E-state index contributed by atoms with van der Waals surface area (Å²) in [6.45, 7) is 2.63. The molecule has 0 bridgehead atoms. The SMILES string of the molecule is COCC(=O)N1CCOc2c(cc(-c3cccc(Cl)c3)cc2OC[C@@H]2CCCCO2)C1. The van der Waals surface area contributed by atoms with E-state index in [0.29, 0.717) is 42.8 Å². The van der Waals surface area contributed by atoms with Crippen molar-refractivity contribution < 1.29 is 23.7 Å². The highest BCUT2D eigenvalue weighted by atomic mass is 35.5. The van der Waals surface area contributed by atoms with Crippen LogP contribution in [0.3, 0.4) is 0 Å². The second kappa shape index (κ2) is 10.4. The molecule has 7 heteroatoms. The lowest BCUT2D eigenvalue weighted by atomic mass is 10.0. The van der Waals surface area contributed by atoms with E-state index in [-0.39, 0.29) is 18.6 Å². The van der Waals surface area contributed by atoms with E-state index >= 15 is 0 Å². The Bertz CT molecular complexity index is 913. The van der Waals surface area contributed by atoms with Crippen molar-refractivity contribution in [2.45, 2.75) is 31.9 Å². The molecule has 1 atom stereocenters. The average molecular weight is 446 g/mol. The molecule has 0 spiro atoms. The summed E-state index contributed by atoms with van der Waals surface area (Å²) in [5, 5.41) is 0.665. The normalized spacial score (nSPS) is 18.6. The summed E-state index contributed by atoms with van der Waals surface area (Å²) in [5.74, 6) is 1.29. The monoisotopic (exact) mass is 445 g/mol. The van der Waals surface area contributed by atoms with Crippen LogP contribution in [0.1, 0.15) is 24.8 Å². The fraction of sp³-hybridized carbons (Fsp3) is 0.458.